The van der Waals surface area contributed by atoms with E-state index in [0.29, 0.717) is 0 Å². The molecule has 0 aromatic heterocycles. The number of aromatic hydroxyl groups is 1. The molecule has 1 amide bonds. The molecule has 0 bridgehead atoms. The monoisotopic (exact) mass is 322 g/mol. The van der Waals surface area contributed by atoms with E-state index in [0.717, 1.165) is 12.8 Å². The van der Waals surface area contributed by atoms with Gasteiger partial charge >= 0.3 is 5.97 Å². The first-order chi connectivity index (χ1) is 10.4. The van der Waals surface area contributed by atoms with Crippen molar-refractivity contribution in [3.8, 4) is 11.8 Å². The largest absolute Gasteiger partial charge is 0.507 e. The molecule has 1 aromatic carbocycles. The number of hydrogen-bond acceptors (Lipinski definition) is 5. The predicted octanol–water partition coefficient (Wildman–Crippen LogP) is 2.01. The summed E-state index contributed by atoms with van der Waals surface area (Å²) in [7, 11) is 0. The van der Waals surface area contributed by atoms with E-state index >= 15 is 0 Å². The summed E-state index contributed by atoms with van der Waals surface area (Å²) in [4.78, 5) is 23.6. The third kappa shape index (κ3) is 3.68. The number of benzene rings is 1. The fraction of sp³-hybridized carbons (Fsp3) is 0.400. The van der Waals surface area contributed by atoms with Crippen molar-refractivity contribution >= 4 is 23.5 Å². The highest BCUT2D eigenvalue weighted by molar-refractivity contribution is 6.31. The van der Waals surface area contributed by atoms with Gasteiger partial charge in [-0.15, -0.1) is 0 Å². The number of rotatable bonds is 5. The van der Waals surface area contributed by atoms with Crippen molar-refractivity contribution in [2.45, 2.75) is 25.3 Å². The standard InChI is InChI=1S/C15H15ClN2O4/c1-15(8-17,9-2-3-9)18-13(20)7-22-14(21)11-6-10(16)4-5-12(11)19/h4-6,9,19H,2-3,7H2,1H3,(H,18,20)/t15-/m1/s1. The zero-order valence-corrected chi connectivity index (χ0v) is 12.7. The molecule has 0 spiro atoms. The van der Waals surface area contributed by atoms with Crippen LogP contribution < -0.4 is 5.32 Å². The highest BCUT2D eigenvalue weighted by atomic mass is 35.5. The van der Waals surface area contributed by atoms with Gasteiger partial charge in [-0.1, -0.05) is 11.6 Å². The van der Waals surface area contributed by atoms with Crippen LogP contribution >= 0.6 is 11.6 Å². The van der Waals surface area contributed by atoms with Gasteiger partial charge in [-0.05, 0) is 43.9 Å². The lowest BCUT2D eigenvalue weighted by Crippen LogP contribution is -2.48. The number of phenolic OH excluding ortho intramolecular Hbond substituents is 1. The molecule has 2 rings (SSSR count). The topological polar surface area (TPSA) is 99.4 Å². The number of ether oxygens (including phenoxy) is 1. The fourth-order valence-electron chi connectivity index (χ4n) is 2.09. The molecule has 1 aromatic rings. The van der Waals surface area contributed by atoms with Crippen molar-refractivity contribution in [1.29, 1.82) is 5.26 Å². The summed E-state index contributed by atoms with van der Waals surface area (Å²) in [6, 6.07) is 6.02. The first-order valence-corrected chi connectivity index (χ1v) is 7.11. The second-order valence-electron chi connectivity index (χ2n) is 5.37. The summed E-state index contributed by atoms with van der Waals surface area (Å²) >= 11 is 5.74. The van der Waals surface area contributed by atoms with Gasteiger partial charge in [0.15, 0.2) is 6.61 Å². The van der Waals surface area contributed by atoms with Crippen molar-refractivity contribution in [2.24, 2.45) is 5.92 Å². The lowest BCUT2D eigenvalue weighted by Gasteiger charge is -2.22. The molecule has 1 aliphatic rings. The zero-order chi connectivity index (χ0) is 16.3. The van der Waals surface area contributed by atoms with E-state index in [1.807, 2.05) is 0 Å². The highest BCUT2D eigenvalue weighted by Gasteiger charge is 2.43. The van der Waals surface area contributed by atoms with Gasteiger partial charge in [0.05, 0.1) is 6.07 Å². The van der Waals surface area contributed by atoms with Crippen molar-refractivity contribution in [3.63, 3.8) is 0 Å². The molecule has 0 unspecified atom stereocenters. The SMILES string of the molecule is C[C@](C#N)(NC(=O)COC(=O)c1cc(Cl)ccc1O)C1CC1. The number of hydrogen-bond donors (Lipinski definition) is 2. The summed E-state index contributed by atoms with van der Waals surface area (Å²) in [5.74, 6) is -1.57. The molecule has 7 heteroatoms. The average Bonchev–Trinajstić information content (AvgIpc) is 3.32. The minimum absolute atomic E-state index is 0.120. The summed E-state index contributed by atoms with van der Waals surface area (Å²) in [6.45, 7) is 1.11. The summed E-state index contributed by atoms with van der Waals surface area (Å²) in [6.07, 6.45) is 1.78. The van der Waals surface area contributed by atoms with Gasteiger partial charge in [-0.25, -0.2) is 4.79 Å². The molecular formula is C15H15ClN2O4. The Kier molecular flexibility index (Phi) is 4.57. The summed E-state index contributed by atoms with van der Waals surface area (Å²) < 4.78 is 4.84. The predicted molar refractivity (Wildman–Crippen MR) is 78.3 cm³/mol. The van der Waals surface area contributed by atoms with Crippen molar-refractivity contribution in [2.75, 3.05) is 6.61 Å². The molecule has 1 saturated carbocycles. The van der Waals surface area contributed by atoms with Crippen LogP contribution in [-0.4, -0.2) is 29.1 Å². The first kappa shape index (κ1) is 16.1. The number of nitriles is 1. The number of carbonyl (C=O) groups excluding carboxylic acids is 2. The van der Waals surface area contributed by atoms with E-state index in [9.17, 15) is 14.7 Å². The van der Waals surface area contributed by atoms with Crippen LogP contribution in [0.4, 0.5) is 0 Å². The Morgan fingerprint density at radius 1 is 1.55 bits per heavy atom. The van der Waals surface area contributed by atoms with Crippen molar-refractivity contribution < 1.29 is 19.4 Å². The third-order valence-electron chi connectivity index (χ3n) is 3.54. The first-order valence-electron chi connectivity index (χ1n) is 6.73. The Morgan fingerprint density at radius 2 is 2.23 bits per heavy atom. The molecule has 6 nitrogen and oxygen atoms in total. The average molecular weight is 323 g/mol. The molecule has 0 aliphatic heterocycles. The van der Waals surface area contributed by atoms with E-state index in [4.69, 9.17) is 21.6 Å². The number of halogens is 1. The van der Waals surface area contributed by atoms with Crippen molar-refractivity contribution in [3.05, 3.63) is 28.8 Å². The molecule has 0 radical (unpaired) electrons. The van der Waals surface area contributed by atoms with Gasteiger partial charge in [-0.3, -0.25) is 4.79 Å². The van der Waals surface area contributed by atoms with Crippen LogP contribution in [0.15, 0.2) is 18.2 Å². The molecule has 0 heterocycles. The Morgan fingerprint density at radius 3 is 2.82 bits per heavy atom. The lowest BCUT2D eigenvalue weighted by molar-refractivity contribution is -0.125. The molecule has 2 N–H and O–H groups in total. The van der Waals surface area contributed by atoms with Gasteiger partial charge in [-0.2, -0.15) is 5.26 Å². The molecule has 1 atom stereocenters. The number of carbonyl (C=O) groups is 2. The van der Waals surface area contributed by atoms with Gasteiger partial charge in [0.2, 0.25) is 0 Å². The second-order valence-corrected chi connectivity index (χ2v) is 5.81. The molecule has 1 aliphatic carbocycles. The van der Waals surface area contributed by atoms with E-state index in [1.165, 1.54) is 18.2 Å². The van der Waals surface area contributed by atoms with Gasteiger partial charge < -0.3 is 15.2 Å². The number of amides is 1. The quantitative estimate of drug-likeness (QED) is 0.808. The molecule has 116 valence electrons. The Labute approximate surface area is 132 Å². The van der Waals surface area contributed by atoms with Crippen molar-refractivity contribution in [1.82, 2.24) is 5.32 Å². The van der Waals surface area contributed by atoms with Gasteiger partial charge in [0.25, 0.3) is 5.91 Å². The zero-order valence-electron chi connectivity index (χ0n) is 11.9. The van der Waals surface area contributed by atoms with Crippen LogP contribution in [0, 0.1) is 17.2 Å². The van der Waals surface area contributed by atoms with Crippen LogP contribution in [0.2, 0.25) is 5.02 Å². The Hall–Kier alpha value is -2.26. The second kappa shape index (κ2) is 6.24. The smallest absolute Gasteiger partial charge is 0.342 e. The van der Waals surface area contributed by atoms with Crippen LogP contribution in [0.25, 0.3) is 0 Å². The highest BCUT2D eigenvalue weighted by Crippen LogP contribution is 2.39. The Balaban J connectivity index is 1.92. The van der Waals surface area contributed by atoms with E-state index in [1.54, 1.807) is 6.92 Å². The van der Waals surface area contributed by atoms with E-state index in [-0.39, 0.29) is 22.3 Å². The Bertz CT molecular complexity index is 651. The number of phenols is 1. The molecule has 0 saturated heterocycles. The minimum Gasteiger partial charge on any atom is -0.507 e. The molecule has 22 heavy (non-hydrogen) atoms. The summed E-state index contributed by atoms with van der Waals surface area (Å²) in [5.41, 5.74) is -1.06. The maximum Gasteiger partial charge on any atom is 0.342 e. The van der Waals surface area contributed by atoms with E-state index in [2.05, 4.69) is 11.4 Å². The normalized spacial score (nSPS) is 16.2. The van der Waals surface area contributed by atoms with Crippen LogP contribution in [0.1, 0.15) is 30.1 Å². The summed E-state index contributed by atoms with van der Waals surface area (Å²) in [5, 5.41) is 21.6. The van der Waals surface area contributed by atoms with Crippen LogP contribution in [0.3, 0.4) is 0 Å². The van der Waals surface area contributed by atoms with Crippen LogP contribution in [-0.2, 0) is 9.53 Å². The fourth-order valence-corrected chi connectivity index (χ4v) is 2.26. The number of nitrogens with zero attached hydrogens (tertiary/aromatic N) is 1. The maximum atomic E-state index is 11.8. The number of esters is 1. The maximum absolute atomic E-state index is 11.8. The lowest BCUT2D eigenvalue weighted by atomic mass is 9.98. The van der Waals surface area contributed by atoms with E-state index < -0.39 is 24.0 Å². The van der Waals surface area contributed by atoms with Gasteiger partial charge in [0.1, 0.15) is 16.9 Å². The van der Waals surface area contributed by atoms with Gasteiger partial charge in [0, 0.05) is 5.02 Å². The molecule has 1 fully saturated rings. The minimum atomic E-state index is -0.943. The van der Waals surface area contributed by atoms with Crippen LogP contribution in [0.5, 0.6) is 5.75 Å². The molecular weight excluding hydrogens is 308 g/mol. The third-order valence-corrected chi connectivity index (χ3v) is 3.77. The number of nitrogens with one attached hydrogen (secondary N) is 1.